The Morgan fingerprint density at radius 3 is 1.86 bits per heavy atom. The average Bonchev–Trinajstić information content (AvgIpc) is 2.43. The van der Waals surface area contributed by atoms with Crippen LogP contribution in [0, 0.1) is 23.3 Å². The van der Waals surface area contributed by atoms with Crippen LogP contribution in [-0.2, 0) is 10.0 Å². The zero-order valence-corrected chi connectivity index (χ0v) is 13.6. The van der Waals surface area contributed by atoms with Crippen molar-refractivity contribution >= 4 is 22.4 Å². The Labute approximate surface area is 132 Å². The van der Waals surface area contributed by atoms with Gasteiger partial charge in [-0.05, 0) is 12.8 Å². The molecule has 0 saturated heterocycles. The second-order valence-electron chi connectivity index (χ2n) is 4.69. The summed E-state index contributed by atoms with van der Waals surface area (Å²) in [5, 5.41) is 0. The fourth-order valence-corrected chi connectivity index (χ4v) is 2.89. The lowest BCUT2D eigenvalue weighted by molar-refractivity contribution is 0.387. The zero-order chi connectivity index (χ0) is 16.4. The van der Waals surface area contributed by atoms with Crippen molar-refractivity contribution in [1.29, 1.82) is 0 Å². The molecule has 0 saturated carbocycles. The fourth-order valence-electron chi connectivity index (χ4n) is 1.60. The van der Waals surface area contributed by atoms with Crippen molar-refractivity contribution in [3.05, 3.63) is 29.3 Å². The molecule has 128 valence electrons. The zero-order valence-electron chi connectivity index (χ0n) is 11.9. The molecule has 0 aliphatic carbocycles. The summed E-state index contributed by atoms with van der Waals surface area (Å²) in [4.78, 5) is -1.69. The van der Waals surface area contributed by atoms with Gasteiger partial charge in [0.25, 0.3) is 0 Å². The number of rotatable bonds is 6. The molecule has 0 bridgehead atoms. The minimum atomic E-state index is -4.78. The molecular formula is C12H17ClF4N2O2S. The van der Waals surface area contributed by atoms with Crippen molar-refractivity contribution < 1.29 is 26.0 Å². The van der Waals surface area contributed by atoms with Gasteiger partial charge in [-0.25, -0.2) is 30.7 Å². The summed E-state index contributed by atoms with van der Waals surface area (Å²) >= 11 is 0. The maximum absolute atomic E-state index is 13.5. The van der Waals surface area contributed by atoms with Crippen LogP contribution < -0.4 is 10.5 Å². The minimum absolute atomic E-state index is 0. The van der Waals surface area contributed by atoms with Crippen molar-refractivity contribution in [2.24, 2.45) is 5.73 Å². The molecule has 1 rings (SSSR count). The van der Waals surface area contributed by atoms with Crippen molar-refractivity contribution in [3.63, 3.8) is 0 Å². The van der Waals surface area contributed by atoms with Crippen LogP contribution in [-0.4, -0.2) is 20.5 Å². The van der Waals surface area contributed by atoms with Gasteiger partial charge in [0.05, 0.1) is 0 Å². The lowest BCUT2D eigenvalue weighted by Crippen LogP contribution is -2.49. The van der Waals surface area contributed by atoms with Crippen LogP contribution in [0.1, 0.15) is 26.7 Å². The first-order chi connectivity index (χ1) is 9.58. The SMILES string of the molecule is CCC(N)(CC)CNS(=O)(=O)c1c(F)c(F)cc(F)c1F.Cl. The van der Waals surface area contributed by atoms with Crippen LogP contribution in [0.25, 0.3) is 0 Å². The third kappa shape index (κ3) is 4.31. The van der Waals surface area contributed by atoms with E-state index in [-0.39, 0.29) is 25.0 Å². The molecule has 0 unspecified atom stereocenters. The molecule has 1 aromatic carbocycles. The molecule has 0 aliphatic rings. The number of hydrogen-bond acceptors (Lipinski definition) is 3. The number of halogens is 5. The van der Waals surface area contributed by atoms with E-state index in [2.05, 4.69) is 0 Å². The van der Waals surface area contributed by atoms with Gasteiger partial charge in [-0.3, -0.25) is 0 Å². The van der Waals surface area contributed by atoms with Gasteiger partial charge >= 0.3 is 0 Å². The van der Waals surface area contributed by atoms with Crippen molar-refractivity contribution in [3.8, 4) is 0 Å². The molecular weight excluding hydrogens is 348 g/mol. The van der Waals surface area contributed by atoms with E-state index in [1.54, 1.807) is 13.8 Å². The van der Waals surface area contributed by atoms with E-state index in [4.69, 9.17) is 5.73 Å². The first-order valence-electron chi connectivity index (χ1n) is 6.19. The average molecular weight is 365 g/mol. The van der Waals surface area contributed by atoms with Crippen LogP contribution in [0.2, 0.25) is 0 Å². The van der Waals surface area contributed by atoms with Gasteiger partial charge < -0.3 is 5.73 Å². The summed E-state index contributed by atoms with van der Waals surface area (Å²) in [5.41, 5.74) is 4.93. The van der Waals surface area contributed by atoms with Crippen molar-refractivity contribution in [1.82, 2.24) is 4.72 Å². The number of nitrogens with one attached hydrogen (secondary N) is 1. The highest BCUT2D eigenvalue weighted by atomic mass is 35.5. The van der Waals surface area contributed by atoms with E-state index >= 15 is 0 Å². The fraction of sp³-hybridized carbons (Fsp3) is 0.500. The van der Waals surface area contributed by atoms with Gasteiger partial charge in [0, 0.05) is 18.2 Å². The van der Waals surface area contributed by atoms with Gasteiger partial charge in [0.15, 0.2) is 28.2 Å². The van der Waals surface area contributed by atoms with E-state index in [1.807, 2.05) is 4.72 Å². The summed E-state index contributed by atoms with van der Waals surface area (Å²) in [6.07, 6.45) is 0.795. The maximum Gasteiger partial charge on any atom is 0.246 e. The molecule has 0 spiro atoms. The van der Waals surface area contributed by atoms with Crippen molar-refractivity contribution in [2.45, 2.75) is 37.1 Å². The molecule has 0 fully saturated rings. The highest BCUT2D eigenvalue weighted by molar-refractivity contribution is 7.89. The number of nitrogens with two attached hydrogens (primary N) is 1. The maximum atomic E-state index is 13.5. The third-order valence-corrected chi connectivity index (χ3v) is 4.78. The van der Waals surface area contributed by atoms with Crippen LogP contribution in [0.5, 0.6) is 0 Å². The van der Waals surface area contributed by atoms with Crippen LogP contribution >= 0.6 is 12.4 Å². The summed E-state index contributed by atoms with van der Waals surface area (Å²) in [6.45, 7) is 3.10. The second-order valence-corrected chi connectivity index (χ2v) is 6.40. The Kier molecular flexibility index (Phi) is 7.27. The lowest BCUT2D eigenvalue weighted by Gasteiger charge is -2.26. The van der Waals surface area contributed by atoms with Gasteiger partial charge in [0.1, 0.15) is 0 Å². The first-order valence-corrected chi connectivity index (χ1v) is 7.68. The smallest absolute Gasteiger partial charge is 0.246 e. The van der Waals surface area contributed by atoms with E-state index in [0.717, 1.165) is 0 Å². The standard InChI is InChI=1S/C12H16F4N2O2S.ClH/c1-3-12(17,4-2)6-18-21(19,20)11-9(15)7(13)5-8(14)10(11)16;/h5,18H,3-4,6,17H2,1-2H3;1H. The number of sulfonamides is 1. The summed E-state index contributed by atoms with van der Waals surface area (Å²) < 4.78 is 78.7. The van der Waals surface area contributed by atoms with E-state index < -0.39 is 43.7 Å². The number of hydrogen-bond donors (Lipinski definition) is 2. The van der Waals surface area contributed by atoms with E-state index in [0.29, 0.717) is 12.8 Å². The molecule has 0 aliphatic heterocycles. The Balaban J connectivity index is 0.00000441. The second kappa shape index (κ2) is 7.58. The molecule has 0 radical (unpaired) electrons. The molecule has 3 N–H and O–H groups in total. The predicted octanol–water partition coefficient (Wildman–Crippen LogP) is 2.46. The molecule has 1 aromatic rings. The van der Waals surface area contributed by atoms with Gasteiger partial charge in [-0.1, -0.05) is 13.8 Å². The molecule has 0 heterocycles. The van der Waals surface area contributed by atoms with Crippen LogP contribution in [0.3, 0.4) is 0 Å². The predicted molar refractivity (Wildman–Crippen MR) is 76.2 cm³/mol. The number of benzene rings is 1. The monoisotopic (exact) mass is 364 g/mol. The van der Waals surface area contributed by atoms with Gasteiger partial charge in [-0.2, -0.15) is 0 Å². The Bertz CT molecular complexity index is 610. The lowest BCUT2D eigenvalue weighted by atomic mass is 9.95. The first kappa shape index (κ1) is 21.1. The molecule has 0 amide bonds. The largest absolute Gasteiger partial charge is 0.324 e. The Morgan fingerprint density at radius 1 is 1.09 bits per heavy atom. The molecule has 10 heteroatoms. The quantitative estimate of drug-likeness (QED) is 0.601. The van der Waals surface area contributed by atoms with Crippen LogP contribution in [0.15, 0.2) is 11.0 Å². The molecule has 0 atom stereocenters. The summed E-state index contributed by atoms with van der Waals surface area (Å²) in [5.74, 6) is -7.53. The van der Waals surface area contributed by atoms with Crippen molar-refractivity contribution in [2.75, 3.05) is 6.54 Å². The van der Waals surface area contributed by atoms with Crippen LogP contribution in [0.4, 0.5) is 17.6 Å². The van der Waals surface area contributed by atoms with E-state index in [9.17, 15) is 26.0 Å². The Morgan fingerprint density at radius 2 is 1.50 bits per heavy atom. The Hall–Kier alpha value is -0.900. The van der Waals surface area contributed by atoms with Gasteiger partial charge in [-0.15, -0.1) is 12.4 Å². The normalized spacial score (nSPS) is 12.1. The van der Waals surface area contributed by atoms with Gasteiger partial charge in [0.2, 0.25) is 10.0 Å². The molecule has 0 aromatic heterocycles. The van der Waals surface area contributed by atoms with E-state index in [1.165, 1.54) is 0 Å². The summed E-state index contributed by atoms with van der Waals surface area (Å²) in [7, 11) is -4.78. The minimum Gasteiger partial charge on any atom is -0.324 e. The third-order valence-electron chi connectivity index (χ3n) is 3.36. The summed E-state index contributed by atoms with van der Waals surface area (Å²) in [6, 6.07) is -0.0605. The molecule has 4 nitrogen and oxygen atoms in total. The molecule has 22 heavy (non-hydrogen) atoms. The highest BCUT2D eigenvalue weighted by Gasteiger charge is 2.31. The topological polar surface area (TPSA) is 72.2 Å². The highest BCUT2D eigenvalue weighted by Crippen LogP contribution is 2.24.